The van der Waals surface area contributed by atoms with E-state index in [1.54, 1.807) is 0 Å². The van der Waals surface area contributed by atoms with E-state index >= 15 is 0 Å². The van der Waals surface area contributed by atoms with E-state index in [1.807, 2.05) is 22.7 Å². The van der Waals surface area contributed by atoms with Crippen LogP contribution >= 0.6 is 22.7 Å². The molecule has 2 heterocycles. The molecule has 0 spiro atoms. The molecule has 0 fully saturated rings. The standard InChI is InChI=1S/C34H26S2/c1-23-3-7-25(8-4-23)11-13-27-15-17-29-21-33(35-31(29)19-27)34-22-30-18-16-28(20-32(30)36-34)14-12-26-9-5-24(2)6-10-26/h3-22H,1-2H3/b13-11+,14-12+. The molecule has 0 nitrogen and oxygen atoms in total. The Morgan fingerprint density at radius 1 is 0.417 bits per heavy atom. The number of thiophene rings is 2. The normalized spacial score (nSPS) is 11.9. The topological polar surface area (TPSA) is 0 Å². The van der Waals surface area contributed by atoms with Crippen LogP contribution in [-0.2, 0) is 0 Å². The highest BCUT2D eigenvalue weighted by Gasteiger charge is 2.09. The molecule has 0 bridgehead atoms. The lowest BCUT2D eigenvalue weighted by Gasteiger charge is -1.96. The highest BCUT2D eigenvalue weighted by Crippen LogP contribution is 2.40. The van der Waals surface area contributed by atoms with E-state index in [-0.39, 0.29) is 0 Å². The molecule has 0 saturated carbocycles. The molecule has 0 amide bonds. The van der Waals surface area contributed by atoms with Crippen LogP contribution in [0, 0.1) is 13.8 Å². The average Bonchev–Trinajstić information content (AvgIpc) is 3.51. The molecule has 0 aliphatic carbocycles. The predicted octanol–water partition coefficient (Wildman–Crippen LogP) is 10.7. The Morgan fingerprint density at radius 3 is 1.19 bits per heavy atom. The average molecular weight is 499 g/mol. The summed E-state index contributed by atoms with van der Waals surface area (Å²) in [5, 5.41) is 2.61. The van der Waals surface area contributed by atoms with Crippen molar-refractivity contribution in [2.24, 2.45) is 0 Å². The zero-order valence-corrected chi connectivity index (χ0v) is 22.0. The zero-order chi connectivity index (χ0) is 24.5. The number of hydrogen-bond donors (Lipinski definition) is 0. The lowest BCUT2D eigenvalue weighted by Crippen LogP contribution is -1.74. The van der Waals surface area contributed by atoms with Gasteiger partial charge in [0, 0.05) is 19.2 Å². The molecule has 36 heavy (non-hydrogen) atoms. The third kappa shape index (κ3) is 4.97. The number of hydrogen-bond acceptors (Lipinski definition) is 2. The summed E-state index contributed by atoms with van der Waals surface area (Å²) in [5.74, 6) is 0. The fourth-order valence-electron chi connectivity index (χ4n) is 4.29. The van der Waals surface area contributed by atoms with Gasteiger partial charge in [-0.1, -0.05) is 108 Å². The van der Waals surface area contributed by atoms with Crippen molar-refractivity contribution in [2.75, 3.05) is 0 Å². The van der Waals surface area contributed by atoms with Gasteiger partial charge < -0.3 is 0 Å². The molecule has 0 aliphatic rings. The minimum absolute atomic E-state index is 1.23. The first-order chi connectivity index (χ1) is 17.6. The van der Waals surface area contributed by atoms with Crippen LogP contribution in [0.5, 0.6) is 0 Å². The third-order valence-corrected chi connectivity index (χ3v) is 8.81. The summed E-state index contributed by atoms with van der Waals surface area (Å²) in [6, 6.07) is 35.4. The molecule has 174 valence electrons. The van der Waals surface area contributed by atoms with Gasteiger partial charge in [0.1, 0.15) is 0 Å². The summed E-state index contributed by atoms with van der Waals surface area (Å²) in [7, 11) is 0. The Hall–Kier alpha value is -3.72. The molecule has 4 aromatic carbocycles. The summed E-state index contributed by atoms with van der Waals surface area (Å²) in [4.78, 5) is 2.67. The Balaban J connectivity index is 1.25. The summed E-state index contributed by atoms with van der Waals surface area (Å²) in [5.41, 5.74) is 7.50. The van der Waals surface area contributed by atoms with Crippen LogP contribution in [0.4, 0.5) is 0 Å². The molecule has 0 N–H and O–H groups in total. The summed E-state index contributed by atoms with van der Waals surface area (Å²) in [6.07, 6.45) is 8.78. The molecule has 0 atom stereocenters. The molecule has 0 radical (unpaired) electrons. The lowest BCUT2D eigenvalue weighted by atomic mass is 10.1. The molecule has 0 unspecified atom stereocenters. The summed E-state index contributed by atoms with van der Waals surface area (Å²) < 4.78 is 2.66. The van der Waals surface area contributed by atoms with Gasteiger partial charge in [-0.3, -0.25) is 0 Å². The first kappa shape index (κ1) is 22.7. The van der Waals surface area contributed by atoms with Crippen molar-refractivity contribution < 1.29 is 0 Å². The maximum Gasteiger partial charge on any atom is 0.0455 e. The Kier molecular flexibility index (Phi) is 6.14. The molecule has 6 aromatic rings. The van der Waals surface area contributed by atoms with Gasteiger partial charge in [0.15, 0.2) is 0 Å². The molecule has 2 heteroatoms. The van der Waals surface area contributed by atoms with Crippen LogP contribution < -0.4 is 0 Å². The van der Waals surface area contributed by atoms with Crippen molar-refractivity contribution in [1.29, 1.82) is 0 Å². The first-order valence-electron chi connectivity index (χ1n) is 12.2. The minimum Gasteiger partial charge on any atom is -0.134 e. The molecule has 2 aromatic heterocycles. The highest BCUT2D eigenvalue weighted by atomic mass is 32.1. The van der Waals surface area contributed by atoms with Gasteiger partial charge in [-0.15, -0.1) is 22.7 Å². The lowest BCUT2D eigenvalue weighted by molar-refractivity contribution is 1.46. The highest BCUT2D eigenvalue weighted by molar-refractivity contribution is 7.28. The summed E-state index contributed by atoms with van der Waals surface area (Å²) in [6.45, 7) is 4.24. The second-order valence-electron chi connectivity index (χ2n) is 9.30. The van der Waals surface area contributed by atoms with Gasteiger partial charge >= 0.3 is 0 Å². The maximum absolute atomic E-state index is 2.33. The second kappa shape index (κ2) is 9.73. The Labute approximate surface area is 220 Å². The fraction of sp³-hybridized carbons (Fsp3) is 0.0588. The van der Waals surface area contributed by atoms with Gasteiger partial charge in [-0.25, -0.2) is 0 Å². The van der Waals surface area contributed by atoms with Crippen molar-refractivity contribution >= 4 is 67.1 Å². The Morgan fingerprint density at radius 2 is 0.778 bits per heavy atom. The Bertz CT molecular complexity index is 1590. The van der Waals surface area contributed by atoms with E-state index in [2.05, 4.69) is 135 Å². The third-order valence-electron chi connectivity index (χ3n) is 6.42. The minimum atomic E-state index is 1.23. The smallest absolute Gasteiger partial charge is 0.0455 e. The van der Waals surface area contributed by atoms with Crippen molar-refractivity contribution in [3.8, 4) is 9.75 Å². The van der Waals surface area contributed by atoms with Gasteiger partial charge in [0.05, 0.1) is 0 Å². The van der Waals surface area contributed by atoms with Crippen molar-refractivity contribution in [2.45, 2.75) is 13.8 Å². The number of aryl methyl sites for hydroxylation is 2. The SMILES string of the molecule is Cc1ccc(/C=C/c2ccc3cc(-c4cc5ccc(/C=C/c6ccc(C)cc6)cc5s4)sc3c2)cc1. The first-order valence-corrected chi connectivity index (χ1v) is 13.8. The zero-order valence-electron chi connectivity index (χ0n) is 20.4. The van der Waals surface area contributed by atoms with Crippen LogP contribution in [0.1, 0.15) is 33.4 Å². The maximum atomic E-state index is 2.33. The van der Waals surface area contributed by atoms with E-state index in [4.69, 9.17) is 0 Å². The van der Waals surface area contributed by atoms with Gasteiger partial charge in [0.2, 0.25) is 0 Å². The van der Waals surface area contributed by atoms with Gasteiger partial charge in [0.25, 0.3) is 0 Å². The van der Waals surface area contributed by atoms with E-state index in [9.17, 15) is 0 Å². The van der Waals surface area contributed by atoms with E-state index < -0.39 is 0 Å². The van der Waals surface area contributed by atoms with Crippen LogP contribution in [0.3, 0.4) is 0 Å². The molecule has 0 saturated heterocycles. The van der Waals surface area contributed by atoms with Crippen molar-refractivity contribution in [3.63, 3.8) is 0 Å². The fourth-order valence-corrected chi connectivity index (χ4v) is 6.58. The number of rotatable bonds is 5. The monoisotopic (exact) mass is 498 g/mol. The van der Waals surface area contributed by atoms with E-state index in [1.165, 1.54) is 63.3 Å². The van der Waals surface area contributed by atoms with Crippen LogP contribution in [-0.4, -0.2) is 0 Å². The van der Waals surface area contributed by atoms with Gasteiger partial charge in [-0.2, -0.15) is 0 Å². The van der Waals surface area contributed by atoms with Crippen molar-refractivity contribution in [1.82, 2.24) is 0 Å². The van der Waals surface area contributed by atoms with E-state index in [0.717, 1.165) is 0 Å². The number of benzene rings is 4. The van der Waals surface area contributed by atoms with Crippen LogP contribution in [0.25, 0.3) is 54.2 Å². The number of fused-ring (bicyclic) bond motifs is 2. The molecular weight excluding hydrogens is 473 g/mol. The largest absolute Gasteiger partial charge is 0.134 e. The van der Waals surface area contributed by atoms with Gasteiger partial charge in [-0.05, 0) is 71.1 Å². The molecular formula is C34H26S2. The summed E-state index contributed by atoms with van der Waals surface area (Å²) >= 11 is 3.76. The van der Waals surface area contributed by atoms with Crippen LogP contribution in [0.15, 0.2) is 97.1 Å². The second-order valence-corrected chi connectivity index (χ2v) is 11.5. The van der Waals surface area contributed by atoms with Crippen LogP contribution in [0.2, 0.25) is 0 Å². The molecule has 0 aliphatic heterocycles. The molecule has 6 rings (SSSR count). The van der Waals surface area contributed by atoms with Crippen molar-refractivity contribution in [3.05, 3.63) is 130 Å². The van der Waals surface area contributed by atoms with E-state index in [0.29, 0.717) is 0 Å². The quantitative estimate of drug-likeness (QED) is 0.207. The predicted molar refractivity (Wildman–Crippen MR) is 163 cm³/mol.